The van der Waals surface area contributed by atoms with Crippen LogP contribution >= 0.6 is 0 Å². The summed E-state index contributed by atoms with van der Waals surface area (Å²) >= 11 is 0. The van der Waals surface area contributed by atoms with Crippen LogP contribution in [0.15, 0.2) is 0 Å². The van der Waals surface area contributed by atoms with Crippen LogP contribution in [0.3, 0.4) is 0 Å². The van der Waals surface area contributed by atoms with Crippen LogP contribution in [0.1, 0.15) is 12.8 Å². The molecule has 0 aromatic rings. The minimum atomic E-state index is -1.17. The third kappa shape index (κ3) is 3.80. The van der Waals surface area contributed by atoms with Crippen LogP contribution in [0.5, 0.6) is 0 Å². The van der Waals surface area contributed by atoms with Crippen molar-refractivity contribution in [3.05, 3.63) is 0 Å². The number of nitrogens with one attached hydrogen (secondary N) is 2. The lowest BCUT2D eigenvalue weighted by molar-refractivity contribution is -0.120. The summed E-state index contributed by atoms with van der Waals surface area (Å²) < 4.78 is 0. The molecule has 5 heteroatoms. The Morgan fingerprint density at radius 3 is 2.50 bits per heavy atom. The van der Waals surface area contributed by atoms with Gasteiger partial charge in [0.1, 0.15) is 0 Å². The van der Waals surface area contributed by atoms with Crippen molar-refractivity contribution < 1.29 is 14.7 Å². The smallest absolute Gasteiger partial charge is 0.405 e. The van der Waals surface area contributed by atoms with E-state index in [0.29, 0.717) is 12.5 Å². The number of rotatable bonds is 4. The zero-order chi connectivity index (χ0) is 8.97. The second kappa shape index (κ2) is 3.94. The summed E-state index contributed by atoms with van der Waals surface area (Å²) in [6, 6.07) is 0. The van der Waals surface area contributed by atoms with Crippen LogP contribution < -0.4 is 10.6 Å². The highest BCUT2D eigenvalue weighted by Gasteiger charge is 2.21. The third-order valence-electron chi connectivity index (χ3n) is 1.69. The summed E-state index contributed by atoms with van der Waals surface area (Å²) in [5.41, 5.74) is 0. The van der Waals surface area contributed by atoms with Crippen molar-refractivity contribution >= 4 is 12.0 Å². The fourth-order valence-electron chi connectivity index (χ4n) is 0.799. The monoisotopic (exact) mass is 172 g/mol. The Bertz CT molecular complexity index is 189. The van der Waals surface area contributed by atoms with E-state index in [1.807, 2.05) is 5.32 Å². The van der Waals surface area contributed by atoms with Crippen LogP contribution in [0.25, 0.3) is 0 Å². The van der Waals surface area contributed by atoms with Gasteiger partial charge in [-0.2, -0.15) is 0 Å². The fourth-order valence-corrected chi connectivity index (χ4v) is 0.799. The van der Waals surface area contributed by atoms with E-state index < -0.39 is 6.09 Å². The summed E-state index contributed by atoms with van der Waals surface area (Å²) in [6.45, 7) is 0.530. The van der Waals surface area contributed by atoms with Gasteiger partial charge in [-0.15, -0.1) is 0 Å². The molecule has 0 aliphatic heterocycles. The van der Waals surface area contributed by atoms with Crippen molar-refractivity contribution in [2.45, 2.75) is 12.8 Å². The Kier molecular flexibility index (Phi) is 2.90. The van der Waals surface area contributed by atoms with Gasteiger partial charge in [-0.25, -0.2) is 4.79 Å². The van der Waals surface area contributed by atoms with Gasteiger partial charge in [0.2, 0.25) is 5.91 Å². The van der Waals surface area contributed by atoms with E-state index in [1.165, 1.54) is 12.8 Å². The van der Waals surface area contributed by atoms with Gasteiger partial charge in [0, 0.05) is 6.54 Å². The van der Waals surface area contributed by atoms with Gasteiger partial charge in [-0.05, 0) is 18.8 Å². The maximum atomic E-state index is 10.8. The first-order valence-electron chi connectivity index (χ1n) is 3.92. The number of carboxylic acid groups (broad SMARTS) is 1. The van der Waals surface area contributed by atoms with Crippen molar-refractivity contribution in [1.82, 2.24) is 10.6 Å². The molecule has 0 radical (unpaired) electrons. The summed E-state index contributed by atoms with van der Waals surface area (Å²) in [5, 5.41) is 12.8. The van der Waals surface area contributed by atoms with Crippen molar-refractivity contribution in [3.8, 4) is 0 Å². The van der Waals surface area contributed by atoms with Crippen LogP contribution in [-0.2, 0) is 4.79 Å². The van der Waals surface area contributed by atoms with E-state index in [1.54, 1.807) is 0 Å². The molecule has 3 N–H and O–H groups in total. The van der Waals surface area contributed by atoms with Crippen molar-refractivity contribution in [1.29, 1.82) is 0 Å². The average molecular weight is 172 g/mol. The quantitative estimate of drug-likeness (QED) is 0.548. The summed E-state index contributed by atoms with van der Waals surface area (Å²) in [6.07, 6.45) is 1.18. The number of hydrogen-bond donors (Lipinski definition) is 3. The molecule has 1 aliphatic rings. The van der Waals surface area contributed by atoms with E-state index in [9.17, 15) is 9.59 Å². The molecule has 0 unspecified atom stereocenters. The molecule has 0 aromatic carbocycles. The molecule has 1 rings (SSSR count). The molecule has 0 bridgehead atoms. The van der Waals surface area contributed by atoms with Gasteiger partial charge < -0.3 is 15.7 Å². The highest BCUT2D eigenvalue weighted by atomic mass is 16.4. The van der Waals surface area contributed by atoms with Crippen LogP contribution in [-0.4, -0.2) is 30.2 Å². The molecule has 5 nitrogen and oxygen atoms in total. The maximum Gasteiger partial charge on any atom is 0.405 e. The van der Waals surface area contributed by atoms with Crippen molar-refractivity contribution in [2.75, 3.05) is 13.1 Å². The van der Waals surface area contributed by atoms with Crippen LogP contribution in [0, 0.1) is 5.92 Å². The summed E-state index contributed by atoms with van der Waals surface area (Å²) in [4.78, 5) is 20.8. The van der Waals surface area contributed by atoms with Gasteiger partial charge in [-0.3, -0.25) is 4.79 Å². The molecule has 2 amide bonds. The van der Waals surface area contributed by atoms with Gasteiger partial charge >= 0.3 is 6.09 Å². The SMILES string of the molecule is O=C(O)NCC(=O)NCC1CC1. The first kappa shape index (κ1) is 8.83. The van der Waals surface area contributed by atoms with Crippen LogP contribution in [0.4, 0.5) is 4.79 Å². The zero-order valence-electron chi connectivity index (χ0n) is 6.67. The van der Waals surface area contributed by atoms with Gasteiger partial charge in [0.15, 0.2) is 0 Å². The molecule has 68 valence electrons. The third-order valence-corrected chi connectivity index (χ3v) is 1.69. The number of amides is 2. The summed E-state index contributed by atoms with van der Waals surface area (Å²) in [7, 11) is 0. The predicted molar refractivity (Wildman–Crippen MR) is 41.8 cm³/mol. The first-order valence-corrected chi connectivity index (χ1v) is 3.92. The zero-order valence-corrected chi connectivity index (χ0v) is 6.67. The first-order chi connectivity index (χ1) is 5.68. The number of carbonyl (C=O) groups is 2. The van der Waals surface area contributed by atoms with E-state index in [-0.39, 0.29) is 12.5 Å². The predicted octanol–water partition coefficient (Wildman–Crippen LogP) is -0.220. The Labute approximate surface area is 70.1 Å². The van der Waals surface area contributed by atoms with E-state index in [4.69, 9.17) is 5.11 Å². The van der Waals surface area contributed by atoms with Gasteiger partial charge in [0.05, 0.1) is 6.54 Å². The summed E-state index contributed by atoms with van der Waals surface area (Å²) in [5.74, 6) is 0.364. The normalized spacial score (nSPS) is 15.3. The average Bonchev–Trinajstić information content (AvgIpc) is 2.80. The Balaban J connectivity index is 1.98. The Morgan fingerprint density at radius 2 is 2.00 bits per heavy atom. The molecule has 1 fully saturated rings. The highest BCUT2D eigenvalue weighted by Crippen LogP contribution is 2.27. The highest BCUT2D eigenvalue weighted by molar-refractivity contribution is 5.81. The van der Waals surface area contributed by atoms with E-state index in [0.717, 1.165) is 0 Å². The molecule has 0 saturated heterocycles. The minimum absolute atomic E-state index is 0.151. The molecule has 0 heterocycles. The number of hydrogen-bond acceptors (Lipinski definition) is 2. The molecular formula is C7H12N2O3. The molecule has 0 aromatic heterocycles. The molecule has 0 spiro atoms. The van der Waals surface area contributed by atoms with Gasteiger partial charge in [0.25, 0.3) is 0 Å². The van der Waals surface area contributed by atoms with Crippen LogP contribution in [0.2, 0.25) is 0 Å². The molecule has 1 aliphatic carbocycles. The second-order valence-electron chi connectivity index (χ2n) is 2.91. The lowest BCUT2D eigenvalue weighted by Crippen LogP contribution is -2.37. The topological polar surface area (TPSA) is 78.4 Å². The molecular weight excluding hydrogens is 160 g/mol. The van der Waals surface area contributed by atoms with E-state index >= 15 is 0 Å². The van der Waals surface area contributed by atoms with Gasteiger partial charge in [-0.1, -0.05) is 0 Å². The number of carbonyl (C=O) groups excluding carboxylic acids is 1. The second-order valence-corrected chi connectivity index (χ2v) is 2.91. The molecule has 0 atom stereocenters. The lowest BCUT2D eigenvalue weighted by atomic mass is 10.4. The molecule has 1 saturated carbocycles. The standard InChI is InChI=1S/C7H12N2O3/c10-6(4-9-7(11)12)8-3-5-1-2-5/h5,9H,1-4H2,(H,8,10)(H,11,12). The fraction of sp³-hybridized carbons (Fsp3) is 0.714. The molecule has 12 heavy (non-hydrogen) atoms. The Hall–Kier alpha value is -1.26. The van der Waals surface area contributed by atoms with E-state index in [2.05, 4.69) is 5.32 Å². The minimum Gasteiger partial charge on any atom is -0.465 e. The van der Waals surface area contributed by atoms with Crippen molar-refractivity contribution in [3.63, 3.8) is 0 Å². The maximum absolute atomic E-state index is 10.8. The largest absolute Gasteiger partial charge is 0.465 e. The van der Waals surface area contributed by atoms with Crippen molar-refractivity contribution in [2.24, 2.45) is 5.92 Å². The Morgan fingerprint density at radius 1 is 1.33 bits per heavy atom. The lowest BCUT2D eigenvalue weighted by Gasteiger charge is -2.02.